The van der Waals surface area contributed by atoms with E-state index >= 15 is 0 Å². The van der Waals surface area contributed by atoms with Gasteiger partial charge in [0.2, 0.25) is 0 Å². The van der Waals surface area contributed by atoms with Crippen LogP contribution >= 0.6 is 7.60 Å². The van der Waals surface area contributed by atoms with Crippen molar-refractivity contribution < 1.29 is 23.5 Å². The van der Waals surface area contributed by atoms with E-state index in [-0.39, 0.29) is 22.9 Å². The van der Waals surface area contributed by atoms with E-state index in [0.29, 0.717) is 23.9 Å². The second kappa shape index (κ2) is 5.52. The maximum Gasteiger partial charge on any atom is 0.357 e. The Hall–Kier alpha value is -1.47. The molecule has 0 radical (unpaired) electrons. The van der Waals surface area contributed by atoms with Gasteiger partial charge in [0.15, 0.2) is 11.4 Å². The summed E-state index contributed by atoms with van der Waals surface area (Å²) >= 11 is 0. The van der Waals surface area contributed by atoms with Crippen molar-refractivity contribution in [3.05, 3.63) is 23.3 Å². The molecule has 2 unspecified atom stereocenters. The number of halogens is 1. The fraction of sp³-hybridized carbons (Fsp3) is 0.533. The van der Waals surface area contributed by atoms with E-state index in [1.165, 1.54) is 6.07 Å². The van der Waals surface area contributed by atoms with Crippen LogP contribution in [0.15, 0.2) is 6.07 Å². The monoisotopic (exact) mass is 357 g/mol. The van der Waals surface area contributed by atoms with Crippen LogP contribution in [0.2, 0.25) is 0 Å². The molecule has 0 aliphatic carbocycles. The highest BCUT2D eigenvalue weighted by Gasteiger charge is 2.68. The van der Waals surface area contributed by atoms with Gasteiger partial charge < -0.3 is 25.2 Å². The molecule has 7 nitrogen and oxygen atoms in total. The van der Waals surface area contributed by atoms with Crippen LogP contribution in [0.1, 0.15) is 38.6 Å². The minimum Gasteiger partial charge on any atom is -0.395 e. The molecule has 1 aliphatic heterocycles. The molecule has 3 rings (SSSR count). The van der Waals surface area contributed by atoms with E-state index in [2.05, 4.69) is 9.97 Å². The zero-order valence-electron chi connectivity index (χ0n) is 13.7. The summed E-state index contributed by atoms with van der Waals surface area (Å²) in [6.45, 7) is 5.73. The van der Waals surface area contributed by atoms with Gasteiger partial charge in [0.25, 0.3) is 0 Å². The highest BCUT2D eigenvalue weighted by molar-refractivity contribution is 7.52. The third-order valence-corrected chi connectivity index (χ3v) is 5.43. The van der Waals surface area contributed by atoms with Crippen LogP contribution in [0.4, 0.5) is 10.1 Å². The molecule has 132 valence electrons. The van der Waals surface area contributed by atoms with E-state index in [1.807, 2.05) is 20.8 Å². The number of ether oxygens (including phenoxy) is 1. The zero-order valence-corrected chi connectivity index (χ0v) is 14.6. The predicted molar refractivity (Wildman–Crippen MR) is 87.9 cm³/mol. The number of nitrogens with two attached hydrogens (primary N) is 1. The van der Waals surface area contributed by atoms with Crippen LogP contribution in [-0.2, 0) is 21.3 Å². The van der Waals surface area contributed by atoms with Gasteiger partial charge in [0.05, 0.1) is 11.2 Å². The highest BCUT2D eigenvalue weighted by atomic mass is 31.2. The lowest BCUT2D eigenvalue weighted by Gasteiger charge is -2.13. The quantitative estimate of drug-likeness (QED) is 0.370. The number of epoxide rings is 1. The van der Waals surface area contributed by atoms with Gasteiger partial charge in [-0.05, 0) is 30.4 Å². The molecule has 1 fully saturated rings. The summed E-state index contributed by atoms with van der Waals surface area (Å²) in [5.41, 5.74) is 6.05. The maximum atomic E-state index is 14.0. The molecule has 1 aliphatic rings. The van der Waals surface area contributed by atoms with Crippen molar-refractivity contribution in [2.45, 2.75) is 45.1 Å². The Kier molecular flexibility index (Phi) is 3.99. The smallest absolute Gasteiger partial charge is 0.357 e. The largest absolute Gasteiger partial charge is 0.395 e. The van der Waals surface area contributed by atoms with E-state index in [0.717, 1.165) is 0 Å². The average Bonchev–Trinajstić information content (AvgIpc) is 3.03. The number of hydrogen-bond acceptors (Lipinski definition) is 4. The number of fused-ring (bicyclic) bond motifs is 1. The summed E-state index contributed by atoms with van der Waals surface area (Å²) in [6.07, 6.45) is 0.946. The second-order valence-corrected chi connectivity index (χ2v) is 8.29. The number of H-pyrrole nitrogens is 1. The van der Waals surface area contributed by atoms with Gasteiger partial charge in [-0.3, -0.25) is 4.57 Å². The van der Waals surface area contributed by atoms with Crippen molar-refractivity contribution in [2.24, 2.45) is 5.92 Å². The summed E-state index contributed by atoms with van der Waals surface area (Å²) in [5.74, 6) is -1.40. The van der Waals surface area contributed by atoms with E-state index < -0.39 is 24.9 Å². The number of nitrogen functional groups attached to an aromatic ring is 1. The van der Waals surface area contributed by atoms with Crippen molar-refractivity contribution in [1.29, 1.82) is 0 Å². The second-order valence-electron chi connectivity index (χ2n) is 6.64. The number of hydrogen-bond donors (Lipinski definition) is 4. The molecule has 0 amide bonds. The molecule has 2 heterocycles. The molecule has 24 heavy (non-hydrogen) atoms. The van der Waals surface area contributed by atoms with Crippen molar-refractivity contribution in [3.63, 3.8) is 0 Å². The number of benzene rings is 1. The topological polar surface area (TPSA) is 125 Å². The van der Waals surface area contributed by atoms with E-state index in [4.69, 9.17) is 10.5 Å². The van der Waals surface area contributed by atoms with Gasteiger partial charge in [-0.1, -0.05) is 20.8 Å². The molecular formula is C15H21FN3O4P. The van der Waals surface area contributed by atoms with Crippen LogP contribution in [0.25, 0.3) is 11.0 Å². The third-order valence-electron chi connectivity index (χ3n) is 4.30. The van der Waals surface area contributed by atoms with Gasteiger partial charge >= 0.3 is 7.60 Å². The Morgan fingerprint density at radius 2 is 2.21 bits per heavy atom. The maximum absolute atomic E-state index is 14.0. The molecule has 9 heteroatoms. The summed E-state index contributed by atoms with van der Waals surface area (Å²) < 4.78 is 31.1. The Balaban J connectivity index is 2.17. The summed E-state index contributed by atoms with van der Waals surface area (Å²) in [6, 6.07) is 1.35. The van der Waals surface area contributed by atoms with Crippen molar-refractivity contribution in [2.75, 3.05) is 5.73 Å². The molecule has 2 atom stereocenters. The van der Waals surface area contributed by atoms with Gasteiger partial charge in [-0.15, -0.1) is 0 Å². The Bertz CT molecular complexity index is 847. The van der Waals surface area contributed by atoms with Crippen molar-refractivity contribution in [3.8, 4) is 0 Å². The molecule has 1 aromatic heterocycles. The molecular weight excluding hydrogens is 336 g/mol. The van der Waals surface area contributed by atoms with Gasteiger partial charge in [-0.25, -0.2) is 9.37 Å². The normalized spacial score (nSPS) is 24.0. The standard InChI is InChI=1S/C15H21FN3O4P/c1-4-8-5-9(16)10(17)12-11(8)18-13(19-12)15(6-7(2)3)14(23-15)24(20,21)22/h5,7,14H,4,6,17H2,1-3H3,(H,18,19)(H2,20,21,22). The summed E-state index contributed by atoms with van der Waals surface area (Å²) in [5, 5.41) is 0. The van der Waals surface area contributed by atoms with E-state index in [9.17, 15) is 18.7 Å². The highest BCUT2D eigenvalue weighted by Crippen LogP contribution is 2.65. The number of aromatic amines is 1. The molecule has 2 aromatic rings. The lowest BCUT2D eigenvalue weighted by Crippen LogP contribution is -2.18. The zero-order chi connectivity index (χ0) is 17.9. The van der Waals surface area contributed by atoms with Crippen LogP contribution in [0.5, 0.6) is 0 Å². The first-order valence-corrected chi connectivity index (χ1v) is 9.48. The first-order chi connectivity index (χ1) is 11.1. The number of nitrogens with one attached hydrogen (secondary N) is 1. The molecule has 1 saturated heterocycles. The summed E-state index contributed by atoms with van der Waals surface area (Å²) in [7, 11) is -4.44. The minimum absolute atomic E-state index is 0.0854. The molecule has 1 aromatic carbocycles. The number of imidazole rings is 1. The Morgan fingerprint density at radius 1 is 1.54 bits per heavy atom. The van der Waals surface area contributed by atoms with E-state index in [1.54, 1.807) is 0 Å². The van der Waals surface area contributed by atoms with Crippen LogP contribution in [-0.4, -0.2) is 25.6 Å². The lowest BCUT2D eigenvalue weighted by atomic mass is 9.97. The number of anilines is 1. The van der Waals surface area contributed by atoms with Crippen LogP contribution in [0.3, 0.4) is 0 Å². The fourth-order valence-corrected chi connectivity index (χ4v) is 4.32. The number of rotatable bonds is 5. The Morgan fingerprint density at radius 3 is 2.71 bits per heavy atom. The van der Waals surface area contributed by atoms with Gasteiger partial charge in [-0.2, -0.15) is 0 Å². The number of aryl methyl sites for hydroxylation is 1. The third kappa shape index (κ3) is 2.63. The molecule has 5 N–H and O–H groups in total. The molecule has 0 spiro atoms. The van der Waals surface area contributed by atoms with Gasteiger partial charge in [0.1, 0.15) is 17.2 Å². The minimum atomic E-state index is -4.44. The number of nitrogens with zero attached hydrogens (tertiary/aromatic N) is 1. The Labute approximate surface area is 138 Å². The number of aromatic nitrogens is 2. The van der Waals surface area contributed by atoms with Crippen molar-refractivity contribution >= 4 is 24.3 Å². The van der Waals surface area contributed by atoms with Crippen LogP contribution < -0.4 is 5.73 Å². The van der Waals surface area contributed by atoms with Crippen LogP contribution in [0, 0.1) is 11.7 Å². The first kappa shape index (κ1) is 17.4. The fourth-order valence-electron chi connectivity index (χ4n) is 3.23. The lowest BCUT2D eigenvalue weighted by molar-refractivity contribution is 0.252. The average molecular weight is 357 g/mol. The van der Waals surface area contributed by atoms with Crippen molar-refractivity contribution in [1.82, 2.24) is 9.97 Å². The predicted octanol–water partition coefficient (Wildman–Crippen LogP) is 2.62. The molecule has 0 saturated carbocycles. The molecule has 0 bridgehead atoms. The summed E-state index contributed by atoms with van der Waals surface area (Å²) in [4.78, 5) is 26.4. The van der Waals surface area contributed by atoms with Gasteiger partial charge in [0, 0.05) is 0 Å². The SMILES string of the molecule is CCc1cc(F)c(N)c2nc(C3(CC(C)C)OC3P(=O)(O)O)[nH]c12. The first-order valence-electron chi connectivity index (χ1n) is 7.80.